The summed E-state index contributed by atoms with van der Waals surface area (Å²) in [4.78, 5) is 12.6. The molecule has 1 heterocycles. The standard InChI is InChI=1S/C22H30N4O4/c1-7-8-9-19(15(2)3)26(29)21(27)23-18-12-16-14-25(11-10-22(4,5)28)24-17(16)13-20(18)30-6/h7-9,12-15,28H,1,10-11H2,2-6H3,(H-,23,27,29)/p+1/b9-8-,26-19-. The molecule has 2 amide bonds. The highest BCUT2D eigenvalue weighted by Gasteiger charge is 2.24. The first-order chi connectivity index (χ1) is 14.1. The number of carbonyl (C=O) groups is 1. The maximum Gasteiger partial charge on any atom is 0.535 e. The van der Waals surface area contributed by atoms with E-state index in [0.717, 1.165) is 5.39 Å². The number of ether oxygens (including phenoxy) is 1. The minimum absolute atomic E-state index is 0.0877. The summed E-state index contributed by atoms with van der Waals surface area (Å²) in [5.41, 5.74) is 0.744. The zero-order chi connectivity index (χ0) is 22.5. The van der Waals surface area contributed by atoms with E-state index in [9.17, 15) is 15.1 Å². The third-order valence-electron chi connectivity index (χ3n) is 4.50. The summed E-state index contributed by atoms with van der Waals surface area (Å²) in [5, 5.41) is 28.3. The molecule has 0 unspecified atom stereocenters. The lowest BCUT2D eigenvalue weighted by molar-refractivity contribution is -0.697. The average Bonchev–Trinajstić information content (AvgIpc) is 3.06. The Morgan fingerprint density at radius 3 is 2.70 bits per heavy atom. The molecule has 0 fully saturated rings. The van der Waals surface area contributed by atoms with E-state index >= 15 is 0 Å². The number of hydroxylamine groups is 1. The molecule has 8 nitrogen and oxygen atoms in total. The zero-order valence-corrected chi connectivity index (χ0v) is 18.2. The first-order valence-electron chi connectivity index (χ1n) is 9.79. The fraction of sp³-hybridized carbons (Fsp3) is 0.409. The van der Waals surface area contributed by atoms with Crippen LogP contribution < -0.4 is 10.1 Å². The monoisotopic (exact) mass is 415 g/mol. The molecule has 0 saturated heterocycles. The van der Waals surface area contributed by atoms with Crippen LogP contribution in [0.1, 0.15) is 34.1 Å². The predicted octanol–water partition coefficient (Wildman–Crippen LogP) is 3.98. The summed E-state index contributed by atoms with van der Waals surface area (Å²) in [6.07, 6.45) is 7.24. The Morgan fingerprint density at radius 2 is 2.13 bits per heavy atom. The lowest BCUT2D eigenvalue weighted by atomic mass is 10.1. The van der Waals surface area contributed by atoms with Gasteiger partial charge in [-0.3, -0.25) is 4.68 Å². The van der Waals surface area contributed by atoms with Gasteiger partial charge in [0.1, 0.15) is 0 Å². The second-order valence-corrected chi connectivity index (χ2v) is 7.98. The van der Waals surface area contributed by atoms with Gasteiger partial charge < -0.3 is 15.1 Å². The van der Waals surface area contributed by atoms with Crippen molar-refractivity contribution in [1.82, 2.24) is 9.78 Å². The molecule has 1 aromatic heterocycles. The van der Waals surface area contributed by atoms with Crippen LogP contribution in [0.25, 0.3) is 10.9 Å². The van der Waals surface area contributed by atoms with Crippen molar-refractivity contribution in [2.45, 2.75) is 46.3 Å². The zero-order valence-electron chi connectivity index (χ0n) is 18.2. The van der Waals surface area contributed by atoms with Gasteiger partial charge in [0, 0.05) is 30.1 Å². The van der Waals surface area contributed by atoms with Gasteiger partial charge in [-0.2, -0.15) is 15.2 Å². The summed E-state index contributed by atoms with van der Waals surface area (Å²) in [5.74, 6) is 0.333. The summed E-state index contributed by atoms with van der Waals surface area (Å²) in [7, 11) is 1.50. The number of urea groups is 1. The second kappa shape index (κ2) is 9.58. The molecule has 162 valence electrons. The molecule has 2 rings (SSSR count). The number of aryl methyl sites for hydroxylation is 1. The largest absolute Gasteiger partial charge is 0.535 e. The molecule has 1 aromatic carbocycles. The predicted molar refractivity (Wildman–Crippen MR) is 117 cm³/mol. The van der Waals surface area contributed by atoms with Crippen molar-refractivity contribution in [1.29, 1.82) is 0 Å². The molecule has 8 heteroatoms. The molecule has 0 atom stereocenters. The quantitative estimate of drug-likeness (QED) is 0.151. The molecule has 30 heavy (non-hydrogen) atoms. The molecule has 2 aromatic rings. The molecule has 0 aliphatic rings. The molecule has 0 bridgehead atoms. The number of hydrogen-bond acceptors (Lipinski definition) is 5. The van der Waals surface area contributed by atoms with Crippen molar-refractivity contribution in [3.05, 3.63) is 43.1 Å². The SMILES string of the molecule is C=C/C=C\C(C(C)C)=[N+](\O)C(=O)Nc1cc2cn(CCC(C)(C)O)nc2cc1OC. The van der Waals surface area contributed by atoms with E-state index in [4.69, 9.17) is 4.74 Å². The van der Waals surface area contributed by atoms with E-state index in [1.807, 2.05) is 20.0 Å². The molecule has 0 aliphatic carbocycles. The van der Waals surface area contributed by atoms with Crippen molar-refractivity contribution >= 4 is 28.3 Å². The van der Waals surface area contributed by atoms with Crippen LogP contribution in [0.5, 0.6) is 5.75 Å². The van der Waals surface area contributed by atoms with E-state index in [0.29, 0.717) is 40.4 Å². The van der Waals surface area contributed by atoms with Crippen LogP contribution in [0, 0.1) is 5.92 Å². The number of nitrogens with zero attached hydrogens (tertiary/aromatic N) is 3. The van der Waals surface area contributed by atoms with Gasteiger partial charge in [-0.1, -0.05) is 32.6 Å². The maximum atomic E-state index is 12.6. The number of rotatable bonds is 8. The Morgan fingerprint density at radius 1 is 1.43 bits per heavy atom. The fourth-order valence-electron chi connectivity index (χ4n) is 2.83. The van der Waals surface area contributed by atoms with Gasteiger partial charge in [0.05, 0.1) is 18.2 Å². The van der Waals surface area contributed by atoms with Crippen molar-refractivity contribution < 1.29 is 24.6 Å². The van der Waals surface area contributed by atoms with Crippen molar-refractivity contribution in [2.75, 3.05) is 12.4 Å². The first-order valence-corrected chi connectivity index (χ1v) is 9.79. The third-order valence-corrected chi connectivity index (χ3v) is 4.50. The average molecular weight is 416 g/mol. The number of aromatic nitrogens is 2. The number of carbonyl (C=O) groups excluding carboxylic acids is 1. The Hall–Kier alpha value is -3.13. The van der Waals surface area contributed by atoms with Gasteiger partial charge in [0.25, 0.3) is 0 Å². The number of amides is 2. The number of methoxy groups -OCH3 is 1. The highest BCUT2D eigenvalue weighted by molar-refractivity contribution is 5.98. The van der Waals surface area contributed by atoms with E-state index in [-0.39, 0.29) is 5.92 Å². The maximum absolute atomic E-state index is 12.6. The van der Waals surface area contributed by atoms with E-state index in [1.54, 1.807) is 48.9 Å². The summed E-state index contributed by atoms with van der Waals surface area (Å²) < 4.78 is 7.72. The normalized spacial score (nSPS) is 13.0. The van der Waals surface area contributed by atoms with Crippen molar-refractivity contribution in [3.63, 3.8) is 0 Å². The van der Waals surface area contributed by atoms with Crippen LogP contribution in [0.15, 0.2) is 43.1 Å². The Labute approximate surface area is 176 Å². The van der Waals surface area contributed by atoms with Gasteiger partial charge in [-0.25, -0.2) is 0 Å². The Balaban J connectivity index is 2.34. The highest BCUT2D eigenvalue weighted by Crippen LogP contribution is 2.30. The number of anilines is 1. The van der Waals surface area contributed by atoms with E-state index in [2.05, 4.69) is 17.0 Å². The Kier molecular flexibility index (Phi) is 7.39. The first kappa shape index (κ1) is 23.2. The third kappa shape index (κ3) is 5.93. The minimum Gasteiger partial charge on any atom is -0.492 e. The number of benzene rings is 1. The van der Waals surface area contributed by atoms with Crippen LogP contribution in [-0.4, -0.2) is 49.3 Å². The Bertz CT molecular complexity index is 981. The number of fused-ring (bicyclic) bond motifs is 1. The van der Waals surface area contributed by atoms with Crippen molar-refractivity contribution in [3.8, 4) is 5.75 Å². The van der Waals surface area contributed by atoms with E-state index in [1.165, 1.54) is 7.11 Å². The van der Waals surface area contributed by atoms with Crippen LogP contribution in [0.3, 0.4) is 0 Å². The van der Waals surface area contributed by atoms with Crippen molar-refractivity contribution in [2.24, 2.45) is 5.92 Å². The lowest BCUT2D eigenvalue weighted by Crippen LogP contribution is -2.31. The molecule has 0 saturated carbocycles. The smallest absolute Gasteiger partial charge is 0.492 e. The lowest BCUT2D eigenvalue weighted by Gasteiger charge is -2.16. The fourth-order valence-corrected chi connectivity index (χ4v) is 2.83. The minimum atomic E-state index is -0.787. The van der Waals surface area contributed by atoms with Gasteiger partial charge in [-0.05, 0) is 37.1 Å². The van der Waals surface area contributed by atoms with Gasteiger partial charge in [-0.15, -0.1) is 0 Å². The number of aliphatic hydroxyl groups is 1. The van der Waals surface area contributed by atoms with Crippen LogP contribution in [-0.2, 0) is 6.54 Å². The van der Waals surface area contributed by atoms with Gasteiger partial charge >= 0.3 is 6.03 Å². The number of hydrogen-bond donors (Lipinski definition) is 3. The van der Waals surface area contributed by atoms with Gasteiger partial charge in [0.2, 0.25) is 0 Å². The molecular formula is C22H31N4O4+. The molecule has 0 radical (unpaired) electrons. The topological polar surface area (TPSA) is 99.6 Å². The van der Waals surface area contributed by atoms with Crippen LogP contribution in [0.2, 0.25) is 0 Å². The summed E-state index contributed by atoms with van der Waals surface area (Å²) in [6.45, 7) is 11.4. The van der Waals surface area contributed by atoms with Crippen LogP contribution in [0.4, 0.5) is 10.5 Å². The molecule has 3 N–H and O–H groups in total. The number of nitrogens with one attached hydrogen (secondary N) is 1. The van der Waals surface area contributed by atoms with Crippen LogP contribution >= 0.6 is 0 Å². The molecule has 0 spiro atoms. The summed E-state index contributed by atoms with van der Waals surface area (Å²) in [6, 6.07) is 2.75. The summed E-state index contributed by atoms with van der Waals surface area (Å²) >= 11 is 0. The van der Waals surface area contributed by atoms with Gasteiger partial charge in [0.15, 0.2) is 17.1 Å². The molecule has 0 aliphatic heterocycles. The molecular weight excluding hydrogens is 384 g/mol. The number of allylic oxidation sites excluding steroid dienone is 3. The highest BCUT2D eigenvalue weighted by atomic mass is 16.5. The second-order valence-electron chi connectivity index (χ2n) is 7.98. The van der Waals surface area contributed by atoms with E-state index < -0.39 is 11.6 Å².